The standard InChI is InChI=1S/C17H18N6O/c1-11-7-8-12(2)15(9-11)19-16(24)10-23-21-17(20-22-23)13-5-3-4-6-14(13)18/h3-9H,10,18H2,1-2H3,(H,19,24). The number of hydrogen-bond donors (Lipinski definition) is 2. The van der Waals surface area contributed by atoms with Crippen LogP contribution >= 0.6 is 0 Å². The van der Waals surface area contributed by atoms with E-state index in [1.54, 1.807) is 6.07 Å². The minimum atomic E-state index is -0.214. The molecule has 0 bridgehead atoms. The van der Waals surface area contributed by atoms with Crippen molar-refractivity contribution in [2.75, 3.05) is 11.1 Å². The average Bonchev–Trinajstić information content (AvgIpc) is 2.99. The molecule has 1 aromatic heterocycles. The van der Waals surface area contributed by atoms with Crippen molar-refractivity contribution < 1.29 is 4.79 Å². The van der Waals surface area contributed by atoms with Crippen LogP contribution in [0.3, 0.4) is 0 Å². The highest BCUT2D eigenvalue weighted by Gasteiger charge is 2.12. The monoisotopic (exact) mass is 322 g/mol. The highest BCUT2D eigenvalue weighted by atomic mass is 16.2. The molecule has 0 radical (unpaired) electrons. The number of aromatic nitrogens is 4. The zero-order valence-electron chi connectivity index (χ0n) is 13.5. The molecule has 0 aliphatic rings. The fourth-order valence-electron chi connectivity index (χ4n) is 2.31. The smallest absolute Gasteiger partial charge is 0.248 e. The first-order valence-electron chi connectivity index (χ1n) is 7.53. The minimum Gasteiger partial charge on any atom is -0.398 e. The lowest BCUT2D eigenvalue weighted by atomic mass is 10.1. The molecule has 3 rings (SSSR count). The number of benzene rings is 2. The lowest BCUT2D eigenvalue weighted by Gasteiger charge is -2.08. The van der Waals surface area contributed by atoms with E-state index in [0.717, 1.165) is 16.8 Å². The molecule has 1 heterocycles. The van der Waals surface area contributed by atoms with Gasteiger partial charge in [0.05, 0.1) is 0 Å². The Labute approximate surface area is 139 Å². The molecule has 24 heavy (non-hydrogen) atoms. The molecule has 0 fully saturated rings. The summed E-state index contributed by atoms with van der Waals surface area (Å²) in [6, 6.07) is 13.2. The van der Waals surface area contributed by atoms with E-state index in [-0.39, 0.29) is 12.5 Å². The van der Waals surface area contributed by atoms with Crippen LogP contribution in [0, 0.1) is 13.8 Å². The Balaban J connectivity index is 1.72. The second-order valence-corrected chi connectivity index (χ2v) is 5.60. The molecule has 7 nitrogen and oxygen atoms in total. The van der Waals surface area contributed by atoms with E-state index in [0.29, 0.717) is 17.1 Å². The third-order valence-corrected chi connectivity index (χ3v) is 3.61. The second kappa shape index (κ2) is 6.49. The molecule has 3 aromatic rings. The first-order chi connectivity index (χ1) is 11.5. The zero-order chi connectivity index (χ0) is 17.1. The van der Waals surface area contributed by atoms with Gasteiger partial charge in [-0.1, -0.05) is 24.3 Å². The third kappa shape index (κ3) is 3.40. The normalized spacial score (nSPS) is 10.6. The molecule has 1 amide bonds. The Morgan fingerprint density at radius 1 is 1.21 bits per heavy atom. The first-order valence-corrected chi connectivity index (χ1v) is 7.53. The topological polar surface area (TPSA) is 98.7 Å². The van der Waals surface area contributed by atoms with Crippen LogP contribution in [0.1, 0.15) is 11.1 Å². The third-order valence-electron chi connectivity index (χ3n) is 3.61. The lowest BCUT2D eigenvalue weighted by Crippen LogP contribution is -2.21. The van der Waals surface area contributed by atoms with E-state index in [9.17, 15) is 4.79 Å². The van der Waals surface area contributed by atoms with Crippen LogP contribution in [0.5, 0.6) is 0 Å². The molecule has 0 atom stereocenters. The van der Waals surface area contributed by atoms with Crippen molar-refractivity contribution in [1.82, 2.24) is 20.2 Å². The van der Waals surface area contributed by atoms with Gasteiger partial charge in [-0.05, 0) is 48.4 Å². The van der Waals surface area contributed by atoms with Crippen LogP contribution in [0.25, 0.3) is 11.4 Å². The molecule has 0 saturated carbocycles. The summed E-state index contributed by atoms with van der Waals surface area (Å²) in [7, 11) is 0. The van der Waals surface area contributed by atoms with Crippen LogP contribution in [-0.4, -0.2) is 26.1 Å². The van der Waals surface area contributed by atoms with Gasteiger partial charge in [0, 0.05) is 16.9 Å². The van der Waals surface area contributed by atoms with Gasteiger partial charge in [-0.3, -0.25) is 4.79 Å². The number of carbonyl (C=O) groups is 1. The molecule has 7 heteroatoms. The van der Waals surface area contributed by atoms with Gasteiger partial charge in [0.15, 0.2) is 0 Å². The summed E-state index contributed by atoms with van der Waals surface area (Å²) in [4.78, 5) is 13.4. The molecule has 0 aliphatic carbocycles. The van der Waals surface area contributed by atoms with Crippen molar-refractivity contribution >= 4 is 17.3 Å². The van der Waals surface area contributed by atoms with Gasteiger partial charge in [0.25, 0.3) is 0 Å². The largest absolute Gasteiger partial charge is 0.398 e. The number of para-hydroxylation sites is 1. The number of anilines is 2. The first kappa shape index (κ1) is 15.7. The Morgan fingerprint density at radius 3 is 2.79 bits per heavy atom. The van der Waals surface area contributed by atoms with Gasteiger partial charge in [-0.2, -0.15) is 4.80 Å². The molecule has 0 unspecified atom stereocenters. The Morgan fingerprint density at radius 2 is 2.00 bits per heavy atom. The number of nitrogens with one attached hydrogen (secondary N) is 1. The number of nitrogens with two attached hydrogens (primary N) is 1. The fraction of sp³-hybridized carbons (Fsp3) is 0.176. The number of amides is 1. The number of aryl methyl sites for hydroxylation is 2. The van der Waals surface area contributed by atoms with Gasteiger partial charge in [0.2, 0.25) is 11.7 Å². The van der Waals surface area contributed by atoms with Crippen LogP contribution in [-0.2, 0) is 11.3 Å². The molecule has 0 aliphatic heterocycles. The number of nitrogen functional groups attached to an aromatic ring is 1. The number of carbonyl (C=O) groups excluding carboxylic acids is 1. The SMILES string of the molecule is Cc1ccc(C)c(NC(=O)Cn2nnc(-c3ccccc3N)n2)c1. The number of nitrogens with zero attached hydrogens (tertiary/aromatic N) is 4. The van der Waals surface area contributed by atoms with Crippen LogP contribution in [0.2, 0.25) is 0 Å². The van der Waals surface area contributed by atoms with E-state index < -0.39 is 0 Å². The fourth-order valence-corrected chi connectivity index (χ4v) is 2.31. The molecular weight excluding hydrogens is 304 g/mol. The summed E-state index contributed by atoms with van der Waals surface area (Å²) in [5.74, 6) is 0.182. The lowest BCUT2D eigenvalue weighted by molar-refractivity contribution is -0.117. The van der Waals surface area contributed by atoms with Gasteiger partial charge in [-0.15, -0.1) is 10.2 Å². The summed E-state index contributed by atoms with van der Waals surface area (Å²) >= 11 is 0. The molecule has 0 spiro atoms. The molecule has 3 N–H and O–H groups in total. The van der Waals surface area contributed by atoms with Crippen molar-refractivity contribution in [2.24, 2.45) is 0 Å². The maximum Gasteiger partial charge on any atom is 0.248 e. The highest BCUT2D eigenvalue weighted by Crippen LogP contribution is 2.21. The van der Waals surface area contributed by atoms with Gasteiger partial charge >= 0.3 is 0 Å². The number of rotatable bonds is 4. The number of tetrazole rings is 1. The predicted octanol–water partition coefficient (Wildman–Crippen LogP) is 2.18. The molecule has 0 saturated heterocycles. The quantitative estimate of drug-likeness (QED) is 0.717. The summed E-state index contributed by atoms with van der Waals surface area (Å²) < 4.78 is 0. The Kier molecular flexibility index (Phi) is 4.24. The van der Waals surface area contributed by atoms with Crippen LogP contribution < -0.4 is 11.1 Å². The van der Waals surface area contributed by atoms with Crippen molar-refractivity contribution in [3.63, 3.8) is 0 Å². The van der Waals surface area contributed by atoms with Gasteiger partial charge in [0.1, 0.15) is 6.54 Å². The summed E-state index contributed by atoms with van der Waals surface area (Å²) in [6.45, 7) is 3.90. The van der Waals surface area contributed by atoms with Gasteiger partial charge in [-0.25, -0.2) is 0 Å². The van der Waals surface area contributed by atoms with Gasteiger partial charge < -0.3 is 11.1 Å². The summed E-state index contributed by atoms with van der Waals surface area (Å²) in [5.41, 5.74) is 10.0. The second-order valence-electron chi connectivity index (χ2n) is 5.60. The van der Waals surface area contributed by atoms with Crippen molar-refractivity contribution in [2.45, 2.75) is 20.4 Å². The van der Waals surface area contributed by atoms with E-state index in [1.165, 1.54) is 4.80 Å². The minimum absolute atomic E-state index is 0.0207. The van der Waals surface area contributed by atoms with E-state index in [1.807, 2.05) is 50.2 Å². The van der Waals surface area contributed by atoms with Crippen molar-refractivity contribution in [3.05, 3.63) is 53.6 Å². The molecular formula is C17H18N6O. The Hall–Kier alpha value is -3.22. The zero-order valence-corrected chi connectivity index (χ0v) is 13.5. The van der Waals surface area contributed by atoms with Crippen LogP contribution in [0.15, 0.2) is 42.5 Å². The van der Waals surface area contributed by atoms with Crippen molar-refractivity contribution in [3.8, 4) is 11.4 Å². The van der Waals surface area contributed by atoms with E-state index >= 15 is 0 Å². The van der Waals surface area contributed by atoms with E-state index in [4.69, 9.17) is 5.73 Å². The maximum absolute atomic E-state index is 12.2. The van der Waals surface area contributed by atoms with Crippen molar-refractivity contribution in [1.29, 1.82) is 0 Å². The van der Waals surface area contributed by atoms with E-state index in [2.05, 4.69) is 20.7 Å². The average molecular weight is 322 g/mol. The predicted molar refractivity (Wildman–Crippen MR) is 92.2 cm³/mol. The highest BCUT2D eigenvalue weighted by molar-refractivity contribution is 5.91. The molecule has 2 aromatic carbocycles. The maximum atomic E-state index is 12.2. The molecule has 122 valence electrons. The summed E-state index contributed by atoms with van der Waals surface area (Å²) in [6.07, 6.45) is 0. The van der Waals surface area contributed by atoms with Crippen LogP contribution in [0.4, 0.5) is 11.4 Å². The Bertz CT molecular complexity index is 886. The number of hydrogen-bond acceptors (Lipinski definition) is 5. The summed E-state index contributed by atoms with van der Waals surface area (Å²) in [5, 5.41) is 15.0.